The van der Waals surface area contributed by atoms with E-state index < -0.39 is 0 Å². The molecule has 3 rings (SSSR count). The van der Waals surface area contributed by atoms with E-state index in [1.807, 2.05) is 11.0 Å². The van der Waals surface area contributed by atoms with Crippen LogP contribution in [-0.2, 0) is 0 Å². The summed E-state index contributed by atoms with van der Waals surface area (Å²) in [5.41, 5.74) is 0.604. The van der Waals surface area contributed by atoms with Gasteiger partial charge in [0, 0.05) is 30.1 Å². The van der Waals surface area contributed by atoms with Crippen molar-refractivity contribution in [3.8, 4) is 0 Å². The lowest BCUT2D eigenvalue weighted by Gasteiger charge is -2.24. The van der Waals surface area contributed by atoms with Gasteiger partial charge in [0.05, 0.1) is 10.6 Å². The number of carbonyl (C=O) groups is 1. The van der Waals surface area contributed by atoms with Crippen molar-refractivity contribution in [2.24, 2.45) is 5.92 Å². The summed E-state index contributed by atoms with van der Waals surface area (Å²) in [5.74, 6) is 0.673. The van der Waals surface area contributed by atoms with Gasteiger partial charge in [0.1, 0.15) is 0 Å². The fourth-order valence-corrected chi connectivity index (χ4v) is 3.67. The van der Waals surface area contributed by atoms with E-state index in [0.29, 0.717) is 22.5 Å². The van der Waals surface area contributed by atoms with Crippen LogP contribution < -0.4 is 5.32 Å². The predicted molar refractivity (Wildman–Crippen MR) is 75.0 cm³/mol. The van der Waals surface area contributed by atoms with Crippen molar-refractivity contribution < 1.29 is 4.79 Å². The molecule has 1 N–H and O–H groups in total. The van der Waals surface area contributed by atoms with E-state index in [-0.39, 0.29) is 5.91 Å². The molecule has 18 heavy (non-hydrogen) atoms. The Morgan fingerprint density at radius 2 is 2.28 bits per heavy atom. The molecule has 0 unspecified atom stereocenters. The summed E-state index contributed by atoms with van der Waals surface area (Å²) in [4.78, 5) is 14.5. The highest BCUT2D eigenvalue weighted by Crippen LogP contribution is 2.30. The first-order valence-electron chi connectivity index (χ1n) is 6.13. The quantitative estimate of drug-likeness (QED) is 0.859. The summed E-state index contributed by atoms with van der Waals surface area (Å²) in [6.07, 6.45) is 1.09. The van der Waals surface area contributed by atoms with Gasteiger partial charge in [-0.3, -0.25) is 4.79 Å². The smallest absolute Gasteiger partial charge is 0.255 e. The molecule has 2 fully saturated rings. The summed E-state index contributed by atoms with van der Waals surface area (Å²) in [7, 11) is 0. The Labute approximate surface area is 120 Å². The van der Waals surface area contributed by atoms with Gasteiger partial charge in [0.25, 0.3) is 5.91 Å². The number of nitrogens with one attached hydrogen (secondary N) is 1. The van der Waals surface area contributed by atoms with Gasteiger partial charge in [-0.2, -0.15) is 0 Å². The first-order chi connectivity index (χ1) is 8.66. The second-order valence-corrected chi connectivity index (χ2v) is 6.22. The van der Waals surface area contributed by atoms with Gasteiger partial charge in [0.15, 0.2) is 0 Å². The van der Waals surface area contributed by atoms with Gasteiger partial charge in [-0.1, -0.05) is 27.5 Å². The number of amides is 1. The lowest BCUT2D eigenvalue weighted by atomic mass is 10.0. The summed E-state index contributed by atoms with van der Waals surface area (Å²) in [6.45, 7) is 2.79. The Morgan fingerprint density at radius 3 is 3.06 bits per heavy atom. The topological polar surface area (TPSA) is 32.3 Å². The minimum absolute atomic E-state index is 0.0590. The van der Waals surface area contributed by atoms with Gasteiger partial charge in [0.2, 0.25) is 0 Å². The molecule has 5 heteroatoms. The fraction of sp³-hybridized carbons (Fsp3) is 0.462. The molecule has 1 aromatic carbocycles. The second-order valence-electron chi connectivity index (χ2n) is 4.90. The van der Waals surface area contributed by atoms with Crippen LogP contribution in [0, 0.1) is 5.92 Å². The molecule has 96 valence electrons. The summed E-state index contributed by atoms with van der Waals surface area (Å²) < 4.78 is 0.894. The zero-order valence-corrected chi connectivity index (χ0v) is 12.2. The van der Waals surface area contributed by atoms with Crippen LogP contribution >= 0.6 is 27.5 Å². The largest absolute Gasteiger partial charge is 0.334 e. The highest BCUT2D eigenvalue weighted by atomic mass is 79.9. The van der Waals surface area contributed by atoms with Crippen LogP contribution in [0.25, 0.3) is 0 Å². The first kappa shape index (κ1) is 12.5. The lowest BCUT2D eigenvalue weighted by molar-refractivity contribution is 0.0737. The molecular formula is C13H14BrClN2O. The third-order valence-corrected chi connectivity index (χ3v) is 4.67. The Balaban J connectivity index is 1.86. The maximum absolute atomic E-state index is 12.5. The SMILES string of the molecule is O=C(c1ccc(Br)cc1Cl)N1CC[C@H]2CNC[C@H]21. The number of hydrogen-bond donors (Lipinski definition) is 1. The van der Waals surface area contributed by atoms with Crippen molar-refractivity contribution >= 4 is 33.4 Å². The number of carbonyl (C=O) groups excluding carboxylic acids is 1. The Morgan fingerprint density at radius 1 is 1.44 bits per heavy atom. The lowest BCUT2D eigenvalue weighted by Crippen LogP contribution is -2.39. The minimum atomic E-state index is 0.0590. The zero-order valence-electron chi connectivity index (χ0n) is 9.83. The third kappa shape index (κ3) is 2.06. The first-order valence-corrected chi connectivity index (χ1v) is 7.30. The average molecular weight is 330 g/mol. The summed E-state index contributed by atoms with van der Waals surface area (Å²) in [5, 5.41) is 3.87. The number of halogens is 2. The number of rotatable bonds is 1. The van der Waals surface area contributed by atoms with E-state index in [1.165, 1.54) is 0 Å². The van der Waals surface area contributed by atoms with Crippen molar-refractivity contribution in [1.29, 1.82) is 0 Å². The molecule has 2 aliphatic rings. The molecule has 0 radical (unpaired) electrons. The van der Waals surface area contributed by atoms with E-state index in [4.69, 9.17) is 11.6 Å². The van der Waals surface area contributed by atoms with Crippen LogP contribution in [0.5, 0.6) is 0 Å². The van der Waals surface area contributed by atoms with Crippen LogP contribution in [0.1, 0.15) is 16.8 Å². The van der Waals surface area contributed by atoms with Crippen molar-refractivity contribution in [3.05, 3.63) is 33.3 Å². The average Bonchev–Trinajstić information content (AvgIpc) is 2.89. The maximum Gasteiger partial charge on any atom is 0.255 e. The van der Waals surface area contributed by atoms with Crippen LogP contribution in [0.3, 0.4) is 0 Å². The van der Waals surface area contributed by atoms with E-state index in [1.54, 1.807) is 12.1 Å². The monoisotopic (exact) mass is 328 g/mol. The van der Waals surface area contributed by atoms with E-state index in [2.05, 4.69) is 21.2 Å². The van der Waals surface area contributed by atoms with Crippen molar-refractivity contribution in [1.82, 2.24) is 10.2 Å². The zero-order chi connectivity index (χ0) is 12.7. The number of nitrogens with zero attached hydrogens (tertiary/aromatic N) is 1. The number of fused-ring (bicyclic) bond motifs is 1. The molecule has 2 heterocycles. The van der Waals surface area contributed by atoms with Crippen molar-refractivity contribution in [2.75, 3.05) is 19.6 Å². The fourth-order valence-electron chi connectivity index (χ4n) is 2.92. The third-order valence-electron chi connectivity index (χ3n) is 3.87. The van der Waals surface area contributed by atoms with E-state index in [9.17, 15) is 4.79 Å². The molecule has 1 amide bonds. The Hall–Kier alpha value is -0.580. The molecule has 0 aliphatic carbocycles. The molecule has 2 saturated heterocycles. The standard InChI is InChI=1S/C13H14BrClN2O/c14-9-1-2-10(11(15)5-9)13(18)17-4-3-8-6-16-7-12(8)17/h1-2,5,8,12,16H,3-4,6-7H2/t8-,12+/m0/s1. The van der Waals surface area contributed by atoms with Crippen LogP contribution in [0.4, 0.5) is 0 Å². The molecule has 0 aromatic heterocycles. The van der Waals surface area contributed by atoms with Crippen LogP contribution in [0.2, 0.25) is 5.02 Å². The predicted octanol–water partition coefficient (Wildman–Crippen LogP) is 2.54. The molecule has 2 atom stereocenters. The summed E-state index contributed by atoms with van der Waals surface area (Å²) >= 11 is 9.51. The van der Waals surface area contributed by atoms with Crippen LogP contribution in [0.15, 0.2) is 22.7 Å². The molecule has 3 nitrogen and oxygen atoms in total. The van der Waals surface area contributed by atoms with Gasteiger partial charge in [-0.05, 0) is 30.5 Å². The molecule has 0 saturated carbocycles. The molecular weight excluding hydrogens is 316 g/mol. The minimum Gasteiger partial charge on any atom is -0.334 e. The van der Waals surface area contributed by atoms with E-state index in [0.717, 1.165) is 30.5 Å². The highest BCUT2D eigenvalue weighted by molar-refractivity contribution is 9.10. The maximum atomic E-state index is 12.5. The Kier molecular flexibility index (Phi) is 3.34. The highest BCUT2D eigenvalue weighted by Gasteiger charge is 2.40. The number of hydrogen-bond acceptors (Lipinski definition) is 2. The van der Waals surface area contributed by atoms with Crippen LogP contribution in [-0.4, -0.2) is 36.5 Å². The van der Waals surface area contributed by atoms with Gasteiger partial charge in [-0.15, -0.1) is 0 Å². The Bertz CT molecular complexity index is 494. The van der Waals surface area contributed by atoms with Gasteiger partial charge >= 0.3 is 0 Å². The van der Waals surface area contributed by atoms with Gasteiger partial charge in [-0.25, -0.2) is 0 Å². The number of benzene rings is 1. The number of likely N-dealkylation sites (tertiary alicyclic amines) is 1. The second kappa shape index (κ2) is 4.83. The van der Waals surface area contributed by atoms with E-state index >= 15 is 0 Å². The molecule has 2 aliphatic heterocycles. The van der Waals surface area contributed by atoms with Gasteiger partial charge < -0.3 is 10.2 Å². The molecule has 0 spiro atoms. The summed E-state index contributed by atoms with van der Waals surface area (Å²) in [6, 6.07) is 5.77. The normalized spacial score (nSPS) is 26.4. The molecule has 1 aromatic rings. The molecule has 0 bridgehead atoms. The van der Waals surface area contributed by atoms with Crippen molar-refractivity contribution in [3.63, 3.8) is 0 Å². The van der Waals surface area contributed by atoms with Crippen molar-refractivity contribution in [2.45, 2.75) is 12.5 Å².